The van der Waals surface area contributed by atoms with Gasteiger partial charge in [-0.15, -0.1) is 0 Å². The molecule has 0 aliphatic rings. The first-order chi connectivity index (χ1) is 8.78. The van der Waals surface area contributed by atoms with Crippen LogP contribution in [0.1, 0.15) is 25.3 Å². The number of aromatic nitrogens is 1. The summed E-state index contributed by atoms with van der Waals surface area (Å²) in [5.74, 6) is 1.36. The number of hydrogen-bond donors (Lipinski definition) is 1. The molecule has 1 aromatic heterocycles. The highest BCUT2D eigenvalue weighted by atomic mass is 16.5. The normalized spacial score (nSPS) is 10.3. The molecule has 0 saturated carbocycles. The summed E-state index contributed by atoms with van der Waals surface area (Å²) in [4.78, 5) is 4.10. The van der Waals surface area contributed by atoms with E-state index < -0.39 is 0 Å². The SMILES string of the molecule is CCCCc1ccc(Oc2ccc(N)cn2)cc1. The van der Waals surface area contributed by atoms with Gasteiger partial charge in [0.25, 0.3) is 0 Å². The number of ether oxygens (including phenoxy) is 1. The maximum Gasteiger partial charge on any atom is 0.219 e. The average molecular weight is 242 g/mol. The van der Waals surface area contributed by atoms with Gasteiger partial charge in [-0.3, -0.25) is 0 Å². The molecule has 0 radical (unpaired) electrons. The fourth-order valence-corrected chi connectivity index (χ4v) is 1.68. The molecule has 3 heteroatoms. The molecule has 0 saturated heterocycles. The van der Waals surface area contributed by atoms with E-state index in [2.05, 4.69) is 24.0 Å². The van der Waals surface area contributed by atoms with Crippen LogP contribution in [0.25, 0.3) is 0 Å². The maximum absolute atomic E-state index is 5.63. The van der Waals surface area contributed by atoms with Gasteiger partial charge < -0.3 is 10.5 Å². The predicted molar refractivity (Wildman–Crippen MR) is 73.8 cm³/mol. The number of benzene rings is 1. The van der Waals surface area contributed by atoms with Crippen LogP contribution in [0, 0.1) is 0 Å². The lowest BCUT2D eigenvalue weighted by Gasteiger charge is -2.06. The molecule has 0 fully saturated rings. The molecule has 0 amide bonds. The monoisotopic (exact) mass is 242 g/mol. The standard InChI is InChI=1S/C15H18N2O/c1-2-3-4-12-5-8-14(9-6-12)18-15-10-7-13(16)11-17-15/h5-11H,2-4,16H2,1H3. The number of anilines is 1. The minimum Gasteiger partial charge on any atom is -0.439 e. The fraction of sp³-hybridized carbons (Fsp3) is 0.267. The second-order valence-electron chi connectivity index (χ2n) is 4.28. The summed E-state index contributed by atoms with van der Waals surface area (Å²) < 4.78 is 5.63. The highest BCUT2D eigenvalue weighted by molar-refractivity contribution is 5.37. The molecule has 1 aromatic carbocycles. The third-order valence-corrected chi connectivity index (χ3v) is 2.72. The summed E-state index contributed by atoms with van der Waals surface area (Å²) in [6, 6.07) is 11.7. The molecule has 0 spiro atoms. The Bertz CT molecular complexity index is 477. The van der Waals surface area contributed by atoms with Crippen molar-refractivity contribution < 1.29 is 4.74 Å². The molecule has 3 nitrogen and oxygen atoms in total. The molecule has 18 heavy (non-hydrogen) atoms. The van der Waals surface area contributed by atoms with Crippen molar-refractivity contribution in [3.8, 4) is 11.6 Å². The Morgan fingerprint density at radius 2 is 1.89 bits per heavy atom. The van der Waals surface area contributed by atoms with E-state index in [1.807, 2.05) is 12.1 Å². The summed E-state index contributed by atoms with van der Waals surface area (Å²) in [7, 11) is 0. The van der Waals surface area contributed by atoms with Crippen LogP contribution in [0.2, 0.25) is 0 Å². The van der Waals surface area contributed by atoms with Gasteiger partial charge in [0.05, 0.1) is 11.9 Å². The van der Waals surface area contributed by atoms with Gasteiger partial charge >= 0.3 is 0 Å². The highest BCUT2D eigenvalue weighted by Gasteiger charge is 1.99. The van der Waals surface area contributed by atoms with Gasteiger partial charge in [0.15, 0.2) is 0 Å². The molecule has 2 N–H and O–H groups in total. The van der Waals surface area contributed by atoms with Gasteiger partial charge in [0.1, 0.15) is 5.75 Å². The third kappa shape index (κ3) is 3.48. The van der Waals surface area contributed by atoms with Crippen molar-refractivity contribution >= 4 is 5.69 Å². The van der Waals surface area contributed by atoms with Gasteiger partial charge in [0, 0.05) is 6.07 Å². The first kappa shape index (κ1) is 12.4. The lowest BCUT2D eigenvalue weighted by Crippen LogP contribution is -1.91. The number of unbranched alkanes of at least 4 members (excludes halogenated alkanes) is 1. The van der Waals surface area contributed by atoms with Crippen molar-refractivity contribution in [3.05, 3.63) is 48.2 Å². The summed E-state index contributed by atoms with van der Waals surface area (Å²) in [5, 5.41) is 0. The van der Waals surface area contributed by atoms with Crippen molar-refractivity contribution in [2.45, 2.75) is 26.2 Å². The molecule has 94 valence electrons. The average Bonchev–Trinajstić information content (AvgIpc) is 2.41. The van der Waals surface area contributed by atoms with Crippen LogP contribution in [-0.4, -0.2) is 4.98 Å². The minimum atomic E-state index is 0.561. The Balaban J connectivity index is 1.99. The van der Waals surface area contributed by atoms with E-state index in [1.165, 1.54) is 18.4 Å². The van der Waals surface area contributed by atoms with E-state index in [1.54, 1.807) is 18.3 Å². The number of nitrogens with two attached hydrogens (primary N) is 1. The third-order valence-electron chi connectivity index (χ3n) is 2.72. The Morgan fingerprint density at radius 1 is 1.11 bits per heavy atom. The van der Waals surface area contributed by atoms with Crippen LogP contribution in [0.3, 0.4) is 0 Å². The summed E-state index contributed by atoms with van der Waals surface area (Å²) in [5.41, 5.74) is 7.55. The molecule has 1 heterocycles. The minimum absolute atomic E-state index is 0.561. The van der Waals surface area contributed by atoms with Crippen LogP contribution < -0.4 is 10.5 Å². The number of hydrogen-bond acceptors (Lipinski definition) is 3. The molecular formula is C15H18N2O. The molecule has 2 aromatic rings. The molecular weight excluding hydrogens is 224 g/mol. The molecule has 0 aliphatic carbocycles. The topological polar surface area (TPSA) is 48.1 Å². The first-order valence-electron chi connectivity index (χ1n) is 6.26. The smallest absolute Gasteiger partial charge is 0.219 e. The van der Waals surface area contributed by atoms with E-state index in [0.717, 1.165) is 12.2 Å². The van der Waals surface area contributed by atoms with E-state index in [4.69, 9.17) is 10.5 Å². The Hall–Kier alpha value is -2.03. The highest BCUT2D eigenvalue weighted by Crippen LogP contribution is 2.20. The van der Waals surface area contributed by atoms with Gasteiger partial charge in [0.2, 0.25) is 5.88 Å². The zero-order chi connectivity index (χ0) is 12.8. The molecule has 2 rings (SSSR count). The summed E-state index contributed by atoms with van der Waals surface area (Å²) >= 11 is 0. The first-order valence-corrected chi connectivity index (χ1v) is 6.26. The number of rotatable bonds is 5. The van der Waals surface area contributed by atoms with Crippen LogP contribution in [0.15, 0.2) is 42.6 Å². The Labute approximate surface area is 108 Å². The van der Waals surface area contributed by atoms with E-state index in [9.17, 15) is 0 Å². The van der Waals surface area contributed by atoms with Crippen molar-refractivity contribution in [2.24, 2.45) is 0 Å². The van der Waals surface area contributed by atoms with Crippen molar-refractivity contribution in [2.75, 3.05) is 5.73 Å². The molecule has 0 atom stereocenters. The van der Waals surface area contributed by atoms with Crippen molar-refractivity contribution in [1.29, 1.82) is 0 Å². The van der Waals surface area contributed by atoms with Gasteiger partial charge in [-0.2, -0.15) is 0 Å². The van der Waals surface area contributed by atoms with Crippen molar-refractivity contribution in [3.63, 3.8) is 0 Å². The lowest BCUT2D eigenvalue weighted by atomic mass is 10.1. The summed E-state index contributed by atoms with van der Waals surface area (Å²) in [6.45, 7) is 2.20. The zero-order valence-corrected chi connectivity index (χ0v) is 10.6. The van der Waals surface area contributed by atoms with Crippen LogP contribution >= 0.6 is 0 Å². The van der Waals surface area contributed by atoms with Crippen LogP contribution in [0.4, 0.5) is 5.69 Å². The largest absolute Gasteiger partial charge is 0.439 e. The number of aryl methyl sites for hydroxylation is 1. The van der Waals surface area contributed by atoms with E-state index in [-0.39, 0.29) is 0 Å². The predicted octanol–water partition coefficient (Wildman–Crippen LogP) is 3.80. The zero-order valence-electron chi connectivity index (χ0n) is 10.6. The second kappa shape index (κ2) is 6.05. The second-order valence-corrected chi connectivity index (χ2v) is 4.28. The number of pyridine rings is 1. The van der Waals surface area contributed by atoms with Crippen molar-refractivity contribution in [1.82, 2.24) is 4.98 Å². The van der Waals surface area contributed by atoms with Gasteiger partial charge in [-0.05, 0) is 36.6 Å². The molecule has 0 aliphatic heterocycles. The van der Waals surface area contributed by atoms with Crippen LogP contribution in [-0.2, 0) is 6.42 Å². The van der Waals surface area contributed by atoms with E-state index >= 15 is 0 Å². The van der Waals surface area contributed by atoms with E-state index in [0.29, 0.717) is 11.6 Å². The van der Waals surface area contributed by atoms with Gasteiger partial charge in [-0.1, -0.05) is 25.5 Å². The fourth-order valence-electron chi connectivity index (χ4n) is 1.68. The Kier molecular flexibility index (Phi) is 4.18. The lowest BCUT2D eigenvalue weighted by molar-refractivity contribution is 0.463. The molecule has 0 bridgehead atoms. The number of nitrogen functional groups attached to an aromatic ring is 1. The van der Waals surface area contributed by atoms with Crippen LogP contribution in [0.5, 0.6) is 11.6 Å². The quantitative estimate of drug-likeness (QED) is 0.867. The Morgan fingerprint density at radius 3 is 2.50 bits per heavy atom. The maximum atomic E-state index is 5.63. The molecule has 0 unspecified atom stereocenters. The number of nitrogens with zero attached hydrogens (tertiary/aromatic N) is 1. The summed E-state index contributed by atoms with van der Waals surface area (Å²) in [6.07, 6.45) is 5.15. The van der Waals surface area contributed by atoms with Gasteiger partial charge in [-0.25, -0.2) is 4.98 Å².